The lowest BCUT2D eigenvalue weighted by Gasteiger charge is -2.29. The second-order valence-electron chi connectivity index (χ2n) is 3.82. The summed E-state index contributed by atoms with van der Waals surface area (Å²) in [5.41, 5.74) is 3.00. The summed E-state index contributed by atoms with van der Waals surface area (Å²) in [5.74, 6) is 0. The maximum absolute atomic E-state index is 10.8. The molecule has 0 amide bonds. The zero-order valence-electron chi connectivity index (χ0n) is 8.90. The minimum absolute atomic E-state index is 0.747. The van der Waals surface area contributed by atoms with Gasteiger partial charge in [0.15, 0.2) is 0 Å². The summed E-state index contributed by atoms with van der Waals surface area (Å²) in [6.07, 6.45) is 0.900. The van der Waals surface area contributed by atoms with Crippen LogP contribution in [0.1, 0.15) is 15.9 Å². The van der Waals surface area contributed by atoms with Crippen molar-refractivity contribution in [3.05, 3.63) is 29.3 Å². The molecule has 2 rings (SSSR count). The van der Waals surface area contributed by atoms with E-state index in [4.69, 9.17) is 4.74 Å². The number of anilines is 1. The van der Waals surface area contributed by atoms with Crippen LogP contribution in [0.25, 0.3) is 0 Å². The van der Waals surface area contributed by atoms with Crippen molar-refractivity contribution in [1.82, 2.24) is 0 Å². The summed E-state index contributed by atoms with van der Waals surface area (Å²) in [7, 11) is 0. The average Bonchev–Trinajstić information content (AvgIpc) is 2.29. The predicted molar refractivity (Wildman–Crippen MR) is 59.6 cm³/mol. The van der Waals surface area contributed by atoms with Gasteiger partial charge in [0.2, 0.25) is 0 Å². The summed E-state index contributed by atoms with van der Waals surface area (Å²) >= 11 is 0. The number of carbonyl (C=O) groups excluding carboxylic acids is 1. The Labute approximate surface area is 89.7 Å². The van der Waals surface area contributed by atoms with E-state index in [1.54, 1.807) is 0 Å². The van der Waals surface area contributed by atoms with Gasteiger partial charge in [-0.2, -0.15) is 0 Å². The Morgan fingerprint density at radius 3 is 2.67 bits per heavy atom. The van der Waals surface area contributed by atoms with E-state index in [0.29, 0.717) is 0 Å². The third-order valence-corrected chi connectivity index (χ3v) is 2.60. The summed E-state index contributed by atoms with van der Waals surface area (Å²) < 4.78 is 5.30. The molecule has 1 aromatic rings. The summed E-state index contributed by atoms with van der Waals surface area (Å²) in [5, 5.41) is 0. The highest BCUT2D eigenvalue weighted by molar-refractivity contribution is 5.77. The number of hydrogen-bond acceptors (Lipinski definition) is 3. The van der Waals surface area contributed by atoms with Crippen LogP contribution in [0.5, 0.6) is 0 Å². The molecule has 3 nitrogen and oxygen atoms in total. The van der Waals surface area contributed by atoms with Crippen molar-refractivity contribution in [3.8, 4) is 0 Å². The molecule has 80 valence electrons. The van der Waals surface area contributed by atoms with Gasteiger partial charge in [0.1, 0.15) is 6.29 Å². The first-order valence-electron chi connectivity index (χ1n) is 5.19. The third-order valence-electron chi connectivity index (χ3n) is 2.60. The van der Waals surface area contributed by atoms with Crippen molar-refractivity contribution >= 4 is 12.0 Å². The minimum atomic E-state index is 0.747. The zero-order valence-corrected chi connectivity index (χ0v) is 8.90. The van der Waals surface area contributed by atoms with Crippen molar-refractivity contribution in [1.29, 1.82) is 0 Å². The Morgan fingerprint density at radius 2 is 2.00 bits per heavy atom. The van der Waals surface area contributed by atoms with Crippen LogP contribution in [-0.4, -0.2) is 32.6 Å². The molecule has 1 aliphatic rings. The summed E-state index contributed by atoms with van der Waals surface area (Å²) in [4.78, 5) is 13.0. The number of benzene rings is 1. The molecule has 0 aliphatic carbocycles. The average molecular weight is 205 g/mol. The van der Waals surface area contributed by atoms with Gasteiger partial charge in [0, 0.05) is 24.3 Å². The maximum Gasteiger partial charge on any atom is 0.150 e. The number of nitrogens with zero attached hydrogens (tertiary/aromatic N) is 1. The van der Waals surface area contributed by atoms with Gasteiger partial charge < -0.3 is 9.64 Å². The van der Waals surface area contributed by atoms with Gasteiger partial charge in [-0.3, -0.25) is 4.79 Å². The number of carbonyl (C=O) groups is 1. The highest BCUT2D eigenvalue weighted by Crippen LogP contribution is 2.19. The van der Waals surface area contributed by atoms with E-state index in [2.05, 4.69) is 11.0 Å². The fourth-order valence-corrected chi connectivity index (χ4v) is 1.86. The monoisotopic (exact) mass is 205 g/mol. The van der Waals surface area contributed by atoms with Crippen LogP contribution in [-0.2, 0) is 4.74 Å². The number of hydrogen-bond donors (Lipinski definition) is 0. The number of ether oxygens (including phenoxy) is 1. The Hall–Kier alpha value is -1.35. The molecule has 0 radical (unpaired) electrons. The van der Waals surface area contributed by atoms with Gasteiger partial charge in [-0.05, 0) is 30.7 Å². The molecule has 0 saturated carbocycles. The molecule has 0 bridgehead atoms. The number of aryl methyl sites for hydroxylation is 1. The summed E-state index contributed by atoms with van der Waals surface area (Å²) in [6, 6.07) is 5.95. The Morgan fingerprint density at radius 1 is 1.27 bits per heavy atom. The lowest BCUT2D eigenvalue weighted by atomic mass is 10.1. The topological polar surface area (TPSA) is 29.5 Å². The molecule has 1 heterocycles. The minimum Gasteiger partial charge on any atom is -0.378 e. The number of rotatable bonds is 2. The fraction of sp³-hybridized carbons (Fsp3) is 0.417. The molecule has 0 atom stereocenters. The van der Waals surface area contributed by atoms with Gasteiger partial charge in [0.25, 0.3) is 0 Å². The van der Waals surface area contributed by atoms with E-state index < -0.39 is 0 Å². The highest BCUT2D eigenvalue weighted by atomic mass is 16.5. The van der Waals surface area contributed by atoms with Crippen LogP contribution in [0.3, 0.4) is 0 Å². The predicted octanol–water partition coefficient (Wildman–Crippen LogP) is 1.64. The zero-order chi connectivity index (χ0) is 10.7. The normalized spacial score (nSPS) is 16.5. The first kappa shape index (κ1) is 10.2. The van der Waals surface area contributed by atoms with Gasteiger partial charge in [-0.1, -0.05) is 0 Å². The Kier molecular flexibility index (Phi) is 3.02. The molecule has 0 spiro atoms. The van der Waals surface area contributed by atoms with Crippen molar-refractivity contribution in [3.63, 3.8) is 0 Å². The molecule has 15 heavy (non-hydrogen) atoms. The lowest BCUT2D eigenvalue weighted by Crippen LogP contribution is -2.36. The van der Waals surface area contributed by atoms with E-state index in [1.807, 2.05) is 19.1 Å². The Bertz CT molecular complexity index is 357. The summed E-state index contributed by atoms with van der Waals surface area (Å²) in [6.45, 7) is 5.36. The molecule has 3 heteroatoms. The van der Waals surface area contributed by atoms with Crippen LogP contribution >= 0.6 is 0 Å². The Balaban J connectivity index is 2.25. The highest BCUT2D eigenvalue weighted by Gasteiger charge is 2.11. The van der Waals surface area contributed by atoms with E-state index in [1.165, 1.54) is 0 Å². The second kappa shape index (κ2) is 4.45. The molecular weight excluding hydrogens is 190 g/mol. The van der Waals surface area contributed by atoms with Crippen LogP contribution < -0.4 is 4.90 Å². The standard InChI is InChI=1S/C12H15NO2/c1-10-6-11(9-14)8-12(7-10)13-2-4-15-5-3-13/h6-9H,2-5H2,1H3. The van der Waals surface area contributed by atoms with Gasteiger partial charge in [0.05, 0.1) is 13.2 Å². The third kappa shape index (κ3) is 2.36. The quantitative estimate of drug-likeness (QED) is 0.687. The van der Waals surface area contributed by atoms with Crippen LogP contribution in [0.2, 0.25) is 0 Å². The van der Waals surface area contributed by atoms with Crippen molar-refractivity contribution in [2.24, 2.45) is 0 Å². The van der Waals surface area contributed by atoms with Gasteiger partial charge in [-0.15, -0.1) is 0 Å². The fourth-order valence-electron chi connectivity index (χ4n) is 1.86. The molecule has 0 unspecified atom stereocenters. The SMILES string of the molecule is Cc1cc(C=O)cc(N2CCOCC2)c1. The lowest BCUT2D eigenvalue weighted by molar-refractivity contribution is 0.112. The van der Waals surface area contributed by atoms with Gasteiger partial charge in [-0.25, -0.2) is 0 Å². The van der Waals surface area contributed by atoms with Crippen LogP contribution in [0, 0.1) is 6.92 Å². The van der Waals surface area contributed by atoms with Crippen LogP contribution in [0.15, 0.2) is 18.2 Å². The van der Waals surface area contributed by atoms with E-state index >= 15 is 0 Å². The smallest absolute Gasteiger partial charge is 0.150 e. The first-order valence-corrected chi connectivity index (χ1v) is 5.19. The maximum atomic E-state index is 10.8. The molecule has 0 aromatic heterocycles. The molecular formula is C12H15NO2. The first-order chi connectivity index (χ1) is 7.29. The largest absolute Gasteiger partial charge is 0.378 e. The molecule has 1 saturated heterocycles. The van der Waals surface area contributed by atoms with E-state index in [0.717, 1.165) is 49.4 Å². The number of aldehydes is 1. The molecule has 1 aliphatic heterocycles. The van der Waals surface area contributed by atoms with E-state index in [9.17, 15) is 4.79 Å². The molecule has 0 N–H and O–H groups in total. The molecule has 1 fully saturated rings. The van der Waals surface area contributed by atoms with E-state index in [-0.39, 0.29) is 0 Å². The van der Waals surface area contributed by atoms with Crippen molar-refractivity contribution in [2.45, 2.75) is 6.92 Å². The van der Waals surface area contributed by atoms with Crippen molar-refractivity contribution < 1.29 is 9.53 Å². The van der Waals surface area contributed by atoms with Gasteiger partial charge >= 0.3 is 0 Å². The van der Waals surface area contributed by atoms with Crippen LogP contribution in [0.4, 0.5) is 5.69 Å². The molecule has 1 aromatic carbocycles. The van der Waals surface area contributed by atoms with Crippen molar-refractivity contribution in [2.75, 3.05) is 31.2 Å². The number of morpholine rings is 1. The second-order valence-corrected chi connectivity index (χ2v) is 3.82.